The lowest BCUT2D eigenvalue weighted by Crippen LogP contribution is -2.31. The highest BCUT2D eigenvalue weighted by Crippen LogP contribution is 2.18. The predicted octanol–water partition coefficient (Wildman–Crippen LogP) is 5.71. The number of amides is 2. The minimum Gasteiger partial charge on any atom is -0.321 e. The zero-order valence-corrected chi connectivity index (χ0v) is 18.8. The molecule has 0 heterocycles. The van der Waals surface area contributed by atoms with Gasteiger partial charge in [0.15, 0.2) is 5.78 Å². The third kappa shape index (κ3) is 6.13. The number of anilines is 1. The Bertz CT molecular complexity index is 1170. The second-order valence-corrected chi connectivity index (χ2v) is 7.96. The average Bonchev–Trinajstić information content (AvgIpc) is 2.75. The van der Waals surface area contributed by atoms with Crippen molar-refractivity contribution in [2.75, 3.05) is 5.32 Å². The van der Waals surface area contributed by atoms with Gasteiger partial charge < -0.3 is 10.6 Å². The third-order valence-corrected chi connectivity index (χ3v) is 5.18. The van der Waals surface area contributed by atoms with Crippen LogP contribution in [0.1, 0.15) is 33.2 Å². The molecule has 0 spiro atoms. The van der Waals surface area contributed by atoms with Crippen LogP contribution in [0.5, 0.6) is 0 Å². The maximum Gasteiger partial charge on any atom is 0.272 e. The van der Waals surface area contributed by atoms with E-state index in [-0.39, 0.29) is 22.1 Å². The molecule has 0 aliphatic carbocycles. The van der Waals surface area contributed by atoms with Gasteiger partial charge in [0, 0.05) is 15.7 Å². The summed E-state index contributed by atoms with van der Waals surface area (Å²) in [5, 5.41) is 5.64. The molecule has 3 aromatic rings. The molecule has 3 aromatic carbocycles. The monoisotopic (exact) mass is 496 g/mol. The van der Waals surface area contributed by atoms with E-state index in [0.717, 1.165) is 4.47 Å². The van der Waals surface area contributed by atoms with Gasteiger partial charge in [-0.3, -0.25) is 14.4 Å². The van der Waals surface area contributed by atoms with E-state index in [1.807, 2.05) is 12.1 Å². The Hall–Kier alpha value is -3.22. The number of halogens is 2. The molecular weight excluding hydrogens is 480 g/mol. The first-order chi connectivity index (χ1) is 14.8. The van der Waals surface area contributed by atoms with E-state index < -0.39 is 11.8 Å². The second-order valence-electron chi connectivity index (χ2n) is 6.63. The average molecular weight is 498 g/mol. The molecule has 0 atom stereocenters. The van der Waals surface area contributed by atoms with E-state index >= 15 is 0 Å². The molecular formula is C24H18BrClN2O3. The minimum absolute atomic E-state index is 0.0282. The Morgan fingerprint density at radius 2 is 1.65 bits per heavy atom. The molecule has 2 N–H and O–H groups in total. The molecule has 31 heavy (non-hydrogen) atoms. The van der Waals surface area contributed by atoms with E-state index in [0.29, 0.717) is 16.8 Å². The van der Waals surface area contributed by atoms with Crippen LogP contribution in [-0.4, -0.2) is 17.6 Å². The van der Waals surface area contributed by atoms with Crippen LogP contribution in [0, 0.1) is 0 Å². The number of carbonyl (C=O) groups is 3. The van der Waals surface area contributed by atoms with Crippen LogP contribution in [0.25, 0.3) is 6.08 Å². The second kappa shape index (κ2) is 10.2. The Kier molecular flexibility index (Phi) is 7.39. The van der Waals surface area contributed by atoms with E-state index in [1.165, 1.54) is 6.92 Å². The molecule has 0 saturated heterocycles. The van der Waals surface area contributed by atoms with Gasteiger partial charge in [-0.2, -0.15) is 0 Å². The van der Waals surface area contributed by atoms with Crippen molar-refractivity contribution in [3.05, 3.63) is 105 Å². The van der Waals surface area contributed by atoms with Crippen LogP contribution in [0.2, 0.25) is 5.02 Å². The molecule has 0 aliphatic heterocycles. The maximum atomic E-state index is 13.0. The molecule has 3 rings (SSSR count). The summed E-state index contributed by atoms with van der Waals surface area (Å²) in [5.41, 5.74) is 1.89. The summed E-state index contributed by atoms with van der Waals surface area (Å²) in [7, 11) is 0. The van der Waals surface area contributed by atoms with Gasteiger partial charge in [0.25, 0.3) is 11.8 Å². The van der Waals surface area contributed by atoms with Crippen LogP contribution >= 0.6 is 27.5 Å². The normalized spacial score (nSPS) is 11.0. The lowest BCUT2D eigenvalue weighted by molar-refractivity contribution is -0.113. The number of rotatable bonds is 6. The van der Waals surface area contributed by atoms with Crippen LogP contribution in [0.4, 0.5) is 5.69 Å². The van der Waals surface area contributed by atoms with Gasteiger partial charge in [0.2, 0.25) is 0 Å². The lowest BCUT2D eigenvalue weighted by Gasteiger charge is -2.12. The molecule has 0 saturated carbocycles. The first-order valence-corrected chi connectivity index (χ1v) is 10.5. The quantitative estimate of drug-likeness (QED) is 0.338. The molecule has 0 radical (unpaired) electrons. The molecule has 7 heteroatoms. The third-order valence-electron chi connectivity index (χ3n) is 4.32. The highest BCUT2D eigenvalue weighted by molar-refractivity contribution is 9.10. The number of hydrogen-bond acceptors (Lipinski definition) is 3. The van der Waals surface area contributed by atoms with Gasteiger partial charge in [-0.05, 0) is 55.0 Å². The van der Waals surface area contributed by atoms with Gasteiger partial charge in [0.1, 0.15) is 5.70 Å². The van der Waals surface area contributed by atoms with E-state index in [2.05, 4.69) is 26.6 Å². The SMILES string of the molecule is CC(=O)c1cccc(NC(=O)C(=Cc2ccc(Br)cc2)NC(=O)c2ccccc2Cl)c1. The Labute approximate surface area is 193 Å². The number of hydrogen-bond donors (Lipinski definition) is 2. The van der Waals surface area contributed by atoms with Crippen LogP contribution in [0.15, 0.2) is 83.0 Å². The number of nitrogens with one attached hydrogen (secondary N) is 2. The summed E-state index contributed by atoms with van der Waals surface area (Å²) in [6, 6.07) is 20.4. The molecule has 0 aromatic heterocycles. The van der Waals surface area contributed by atoms with Gasteiger partial charge in [0.05, 0.1) is 10.6 Å². The summed E-state index contributed by atoms with van der Waals surface area (Å²) in [6.07, 6.45) is 1.56. The van der Waals surface area contributed by atoms with Crippen molar-refractivity contribution < 1.29 is 14.4 Å². The summed E-state index contributed by atoms with van der Waals surface area (Å²) in [5.74, 6) is -1.17. The lowest BCUT2D eigenvalue weighted by atomic mass is 10.1. The Morgan fingerprint density at radius 3 is 2.32 bits per heavy atom. The smallest absolute Gasteiger partial charge is 0.272 e. The molecule has 0 unspecified atom stereocenters. The topological polar surface area (TPSA) is 75.3 Å². The fourth-order valence-electron chi connectivity index (χ4n) is 2.73. The van der Waals surface area contributed by atoms with Crippen molar-refractivity contribution in [2.45, 2.75) is 6.92 Å². The summed E-state index contributed by atoms with van der Waals surface area (Å²) >= 11 is 9.49. The number of benzene rings is 3. The predicted molar refractivity (Wildman–Crippen MR) is 126 cm³/mol. The number of ketones is 1. The minimum atomic E-state index is -0.538. The van der Waals surface area contributed by atoms with E-state index in [4.69, 9.17) is 11.6 Å². The van der Waals surface area contributed by atoms with Crippen molar-refractivity contribution in [3.8, 4) is 0 Å². The Morgan fingerprint density at radius 1 is 0.935 bits per heavy atom. The van der Waals surface area contributed by atoms with Crippen molar-refractivity contribution in [1.82, 2.24) is 5.32 Å². The molecule has 0 aliphatic rings. The van der Waals surface area contributed by atoms with Crippen molar-refractivity contribution in [2.24, 2.45) is 0 Å². The maximum absolute atomic E-state index is 13.0. The number of Topliss-reactive ketones (excluding diaryl/α,β-unsaturated/α-hetero) is 1. The first kappa shape index (κ1) is 22.5. The fraction of sp³-hybridized carbons (Fsp3) is 0.0417. The molecule has 0 bridgehead atoms. The van der Waals surface area contributed by atoms with Crippen molar-refractivity contribution in [1.29, 1.82) is 0 Å². The van der Waals surface area contributed by atoms with Gasteiger partial charge in [-0.15, -0.1) is 0 Å². The van der Waals surface area contributed by atoms with E-state index in [9.17, 15) is 14.4 Å². The van der Waals surface area contributed by atoms with Crippen molar-refractivity contribution >= 4 is 56.9 Å². The fourth-order valence-corrected chi connectivity index (χ4v) is 3.22. The molecule has 0 fully saturated rings. The Balaban J connectivity index is 1.91. The van der Waals surface area contributed by atoms with Crippen LogP contribution in [0.3, 0.4) is 0 Å². The molecule has 2 amide bonds. The van der Waals surface area contributed by atoms with Crippen LogP contribution in [-0.2, 0) is 4.79 Å². The molecule has 5 nitrogen and oxygen atoms in total. The first-order valence-electron chi connectivity index (χ1n) is 9.29. The van der Waals surface area contributed by atoms with Gasteiger partial charge in [-0.25, -0.2) is 0 Å². The zero-order chi connectivity index (χ0) is 22.4. The summed E-state index contributed by atoms with van der Waals surface area (Å²) < 4.78 is 0.886. The van der Waals surface area contributed by atoms with Crippen molar-refractivity contribution in [3.63, 3.8) is 0 Å². The highest BCUT2D eigenvalue weighted by atomic mass is 79.9. The van der Waals surface area contributed by atoms with Gasteiger partial charge in [-0.1, -0.05) is 63.9 Å². The standard InChI is InChI=1S/C24H18BrClN2O3/c1-15(29)17-5-4-6-19(14-17)27-24(31)22(13-16-9-11-18(25)12-10-16)28-23(30)20-7-2-3-8-21(20)26/h2-14H,1H3,(H,27,31)(H,28,30). The van der Waals surface area contributed by atoms with E-state index in [1.54, 1.807) is 66.7 Å². The zero-order valence-electron chi connectivity index (χ0n) is 16.5. The molecule has 156 valence electrons. The summed E-state index contributed by atoms with van der Waals surface area (Å²) in [6.45, 7) is 1.45. The summed E-state index contributed by atoms with van der Waals surface area (Å²) in [4.78, 5) is 37.4. The largest absolute Gasteiger partial charge is 0.321 e. The van der Waals surface area contributed by atoms with Crippen LogP contribution < -0.4 is 10.6 Å². The highest BCUT2D eigenvalue weighted by Gasteiger charge is 2.17. The van der Waals surface area contributed by atoms with Gasteiger partial charge >= 0.3 is 0 Å². The number of carbonyl (C=O) groups excluding carboxylic acids is 3.